The van der Waals surface area contributed by atoms with E-state index in [4.69, 9.17) is 12.3 Å². The third-order valence-electron chi connectivity index (χ3n) is 1.23. The Bertz CT molecular complexity index is 328. The van der Waals surface area contributed by atoms with E-state index in [1.54, 1.807) is 0 Å². The van der Waals surface area contributed by atoms with E-state index in [1.807, 2.05) is 0 Å². The fourth-order valence-electron chi connectivity index (χ4n) is 0.644. The van der Waals surface area contributed by atoms with E-state index in [2.05, 4.69) is 4.85 Å². The van der Waals surface area contributed by atoms with Gasteiger partial charge in [-0.3, -0.25) is 0 Å². The Labute approximate surface area is 62.1 Å². The Morgan fingerprint density at radius 2 is 2.00 bits per heavy atom. The largest absolute Gasteiger partial charge is 0.395 e. The second-order valence-electron chi connectivity index (χ2n) is 1.91. The van der Waals surface area contributed by atoms with E-state index in [-0.39, 0.29) is 5.69 Å². The number of rotatable bonds is 0. The van der Waals surface area contributed by atoms with E-state index in [0.29, 0.717) is 0 Å². The number of hydrogen-bond donors (Lipinski definition) is 1. The van der Waals surface area contributed by atoms with Crippen molar-refractivity contribution in [2.75, 3.05) is 5.73 Å². The van der Waals surface area contributed by atoms with Crippen LogP contribution < -0.4 is 5.73 Å². The van der Waals surface area contributed by atoms with Crippen molar-refractivity contribution >= 4 is 11.4 Å². The monoisotopic (exact) mass is 154 g/mol. The summed E-state index contributed by atoms with van der Waals surface area (Å²) >= 11 is 0. The van der Waals surface area contributed by atoms with Crippen molar-refractivity contribution in [3.05, 3.63) is 35.2 Å². The van der Waals surface area contributed by atoms with E-state index < -0.39 is 17.3 Å². The topological polar surface area (TPSA) is 30.4 Å². The molecule has 11 heavy (non-hydrogen) atoms. The first kappa shape index (κ1) is 7.48. The molecule has 0 fully saturated rings. The van der Waals surface area contributed by atoms with Crippen LogP contribution in [0.5, 0.6) is 0 Å². The van der Waals surface area contributed by atoms with Gasteiger partial charge in [0, 0.05) is 0 Å². The molecule has 1 aromatic rings. The number of anilines is 1. The summed E-state index contributed by atoms with van der Waals surface area (Å²) < 4.78 is 25.1. The fraction of sp³-hybridized carbons (Fsp3) is 0. The third-order valence-corrected chi connectivity index (χ3v) is 1.23. The summed E-state index contributed by atoms with van der Waals surface area (Å²) in [6, 6.07) is 2.01. The predicted molar refractivity (Wildman–Crippen MR) is 37.0 cm³/mol. The molecule has 0 saturated heterocycles. The first-order valence-corrected chi connectivity index (χ1v) is 2.77. The molecule has 0 spiro atoms. The maximum absolute atomic E-state index is 12.7. The van der Waals surface area contributed by atoms with Crippen molar-refractivity contribution in [3.63, 3.8) is 0 Å². The molecule has 2 N–H and O–H groups in total. The van der Waals surface area contributed by atoms with Crippen molar-refractivity contribution in [1.29, 1.82) is 0 Å². The molecule has 0 atom stereocenters. The zero-order valence-electron chi connectivity index (χ0n) is 5.44. The Kier molecular flexibility index (Phi) is 1.73. The van der Waals surface area contributed by atoms with Gasteiger partial charge in [0.2, 0.25) is 5.69 Å². The summed E-state index contributed by atoms with van der Waals surface area (Å²) in [5.74, 6) is -1.82. The van der Waals surface area contributed by atoms with Crippen LogP contribution in [0.1, 0.15) is 0 Å². The van der Waals surface area contributed by atoms with E-state index >= 15 is 0 Å². The summed E-state index contributed by atoms with van der Waals surface area (Å²) in [5.41, 5.74) is 4.11. The number of hydrogen-bond acceptors (Lipinski definition) is 1. The molecule has 1 aromatic carbocycles. The minimum Gasteiger partial charge on any atom is -0.395 e. The lowest BCUT2D eigenvalue weighted by atomic mass is 10.2. The van der Waals surface area contributed by atoms with Crippen LogP contribution in [0.3, 0.4) is 0 Å². The molecule has 0 aliphatic carbocycles. The predicted octanol–water partition coefficient (Wildman–Crippen LogP) is 2.10. The average molecular weight is 154 g/mol. The smallest absolute Gasteiger partial charge is 0.224 e. The van der Waals surface area contributed by atoms with Gasteiger partial charge in [0.05, 0.1) is 12.3 Å². The average Bonchev–Trinajstić information content (AvgIpc) is 2.01. The number of benzene rings is 1. The second-order valence-corrected chi connectivity index (χ2v) is 1.91. The molecule has 0 aromatic heterocycles. The zero-order valence-corrected chi connectivity index (χ0v) is 5.44. The second kappa shape index (κ2) is 2.54. The van der Waals surface area contributed by atoms with Crippen molar-refractivity contribution in [1.82, 2.24) is 0 Å². The molecular weight excluding hydrogens is 150 g/mol. The summed E-state index contributed by atoms with van der Waals surface area (Å²) in [7, 11) is 0. The van der Waals surface area contributed by atoms with Gasteiger partial charge in [0.15, 0.2) is 5.82 Å². The molecule has 56 valence electrons. The van der Waals surface area contributed by atoms with E-state index in [0.717, 1.165) is 12.1 Å². The lowest BCUT2D eigenvalue weighted by Gasteiger charge is -1.98. The number of nitrogens with zero attached hydrogens (tertiary/aromatic N) is 1. The van der Waals surface area contributed by atoms with Gasteiger partial charge < -0.3 is 5.73 Å². The SMILES string of the molecule is [C-]#[N+]c1ccc(F)c(N)c1F. The van der Waals surface area contributed by atoms with Crippen LogP contribution in [0.15, 0.2) is 12.1 Å². The highest BCUT2D eigenvalue weighted by Gasteiger charge is 2.09. The quantitative estimate of drug-likeness (QED) is 0.450. The highest BCUT2D eigenvalue weighted by atomic mass is 19.1. The van der Waals surface area contributed by atoms with Crippen molar-refractivity contribution in [2.24, 2.45) is 0 Å². The van der Waals surface area contributed by atoms with Crippen molar-refractivity contribution < 1.29 is 8.78 Å². The number of halogens is 2. The highest BCUT2D eigenvalue weighted by Crippen LogP contribution is 2.24. The van der Waals surface area contributed by atoms with Crippen LogP contribution in [0.25, 0.3) is 4.85 Å². The van der Waals surface area contributed by atoms with Gasteiger partial charge in [-0.25, -0.2) is 13.6 Å². The van der Waals surface area contributed by atoms with Crippen LogP contribution in [-0.2, 0) is 0 Å². The van der Waals surface area contributed by atoms with Crippen LogP contribution in [-0.4, -0.2) is 0 Å². The van der Waals surface area contributed by atoms with Gasteiger partial charge >= 0.3 is 0 Å². The maximum atomic E-state index is 12.7. The van der Waals surface area contributed by atoms with Crippen LogP contribution in [0, 0.1) is 18.2 Å². The molecule has 4 heteroatoms. The molecule has 0 aliphatic heterocycles. The molecule has 1 rings (SSSR count). The van der Waals surface area contributed by atoms with Gasteiger partial charge in [-0.2, -0.15) is 0 Å². The van der Waals surface area contributed by atoms with Gasteiger partial charge in [0.1, 0.15) is 5.82 Å². The van der Waals surface area contributed by atoms with E-state index in [1.165, 1.54) is 0 Å². The Hall–Kier alpha value is -1.63. The molecule has 0 unspecified atom stereocenters. The maximum Gasteiger partial charge on any atom is 0.224 e. The van der Waals surface area contributed by atoms with Crippen molar-refractivity contribution in [2.45, 2.75) is 0 Å². The minimum absolute atomic E-state index is 0.260. The molecule has 0 radical (unpaired) electrons. The van der Waals surface area contributed by atoms with Crippen LogP contribution >= 0.6 is 0 Å². The highest BCUT2D eigenvalue weighted by molar-refractivity contribution is 5.57. The molecule has 2 nitrogen and oxygen atoms in total. The van der Waals surface area contributed by atoms with Gasteiger partial charge in [0.25, 0.3) is 0 Å². The van der Waals surface area contributed by atoms with Gasteiger partial charge in [-0.05, 0) is 6.07 Å². The Morgan fingerprint density at radius 3 is 2.55 bits per heavy atom. The Morgan fingerprint density at radius 1 is 1.36 bits per heavy atom. The van der Waals surface area contributed by atoms with Crippen LogP contribution in [0.2, 0.25) is 0 Å². The summed E-state index contributed by atoms with van der Waals surface area (Å²) in [5, 5.41) is 0. The summed E-state index contributed by atoms with van der Waals surface area (Å²) in [6.07, 6.45) is 0. The number of nitrogen functional groups attached to an aromatic ring is 1. The number of nitrogens with two attached hydrogens (primary N) is 1. The molecule has 0 amide bonds. The summed E-state index contributed by atoms with van der Waals surface area (Å²) in [4.78, 5) is 2.80. The summed E-state index contributed by atoms with van der Waals surface area (Å²) in [6.45, 7) is 6.46. The Balaban J connectivity index is 3.40. The van der Waals surface area contributed by atoms with Crippen molar-refractivity contribution in [3.8, 4) is 0 Å². The molecule has 0 heterocycles. The lowest BCUT2D eigenvalue weighted by Crippen LogP contribution is -1.94. The first-order chi connectivity index (χ1) is 5.16. The standard InChI is InChI=1S/C7H4F2N2/c1-11-5-3-2-4(8)7(10)6(5)9/h2-3H,10H2. The first-order valence-electron chi connectivity index (χ1n) is 2.77. The van der Waals surface area contributed by atoms with Gasteiger partial charge in [-0.15, -0.1) is 0 Å². The van der Waals surface area contributed by atoms with Crippen LogP contribution in [0.4, 0.5) is 20.2 Å². The molecule has 0 bridgehead atoms. The lowest BCUT2D eigenvalue weighted by molar-refractivity contribution is 0.595. The fourth-order valence-corrected chi connectivity index (χ4v) is 0.644. The minimum atomic E-state index is -0.986. The zero-order chi connectivity index (χ0) is 8.43. The molecule has 0 saturated carbocycles. The van der Waals surface area contributed by atoms with E-state index in [9.17, 15) is 8.78 Å². The normalized spacial score (nSPS) is 9.18. The van der Waals surface area contributed by atoms with Gasteiger partial charge in [-0.1, -0.05) is 6.07 Å². The molecular formula is C7H4F2N2. The third kappa shape index (κ3) is 1.13. The molecule has 0 aliphatic rings.